The minimum atomic E-state index is -2.06. The van der Waals surface area contributed by atoms with Crippen molar-refractivity contribution in [2.45, 2.75) is 84.8 Å². The van der Waals surface area contributed by atoms with Gasteiger partial charge in [0.2, 0.25) is 0 Å². The molecule has 0 aliphatic rings. The first kappa shape index (κ1) is 32.7. The van der Waals surface area contributed by atoms with Crippen LogP contribution in [0, 0.1) is 0 Å². The normalized spacial score (nSPS) is 13.1. The van der Waals surface area contributed by atoms with Crippen molar-refractivity contribution in [1.82, 2.24) is 20.2 Å². The quantitative estimate of drug-likeness (QED) is 0.230. The topological polar surface area (TPSA) is 178 Å². The molecule has 0 radical (unpaired) electrons. The summed E-state index contributed by atoms with van der Waals surface area (Å²) in [5.74, 6) is -2.64. The molecule has 0 bridgehead atoms. The van der Waals surface area contributed by atoms with Gasteiger partial charge in [0.1, 0.15) is 18.7 Å². The van der Waals surface area contributed by atoms with Crippen molar-refractivity contribution >= 4 is 48.8 Å². The number of primary amides is 1. The summed E-state index contributed by atoms with van der Waals surface area (Å²) in [6, 6.07) is 4.27. The van der Waals surface area contributed by atoms with E-state index in [4.69, 9.17) is 14.9 Å². The lowest BCUT2D eigenvalue weighted by Crippen LogP contribution is -2.53. The van der Waals surface area contributed by atoms with E-state index in [1.54, 1.807) is 39.8 Å². The molecule has 0 saturated heterocycles. The van der Waals surface area contributed by atoms with Crippen LogP contribution in [-0.4, -0.2) is 76.9 Å². The molecule has 13 nitrogen and oxygen atoms in total. The number of rotatable bonds is 11. The number of nitrogens with one attached hydrogen (secondary N) is 2. The molecule has 1 aromatic carbocycles. The van der Waals surface area contributed by atoms with Crippen LogP contribution in [0.5, 0.6) is 0 Å². The van der Waals surface area contributed by atoms with Gasteiger partial charge in [-0.2, -0.15) is 5.10 Å². The standard InChI is InChI=1S/C26H42N6O7Si/c1-16(15-38-40(8,9)26(5,6)7)29-32(14-21(34)35)20(33)13-31-19-11-10-17(28-24(37)39-25(2,3)4)12-18(19)22(30-31)23(27)36/h10-12,16,29H,13-15H2,1-9H3,(H2,27,36)(H,28,37)(H,34,35). The molecule has 0 aliphatic carbocycles. The molecule has 14 heteroatoms. The van der Waals surface area contributed by atoms with Crippen LogP contribution in [0.4, 0.5) is 10.5 Å². The Balaban J connectivity index is 2.26. The van der Waals surface area contributed by atoms with Gasteiger partial charge in [-0.1, -0.05) is 20.8 Å². The van der Waals surface area contributed by atoms with Crippen LogP contribution in [-0.2, 0) is 25.3 Å². The first-order valence-corrected chi connectivity index (χ1v) is 15.8. The summed E-state index contributed by atoms with van der Waals surface area (Å²) in [4.78, 5) is 49.1. The van der Waals surface area contributed by atoms with E-state index in [-0.39, 0.29) is 29.9 Å². The maximum Gasteiger partial charge on any atom is 0.412 e. The molecule has 3 amide bonds. The molecule has 40 heavy (non-hydrogen) atoms. The summed E-state index contributed by atoms with van der Waals surface area (Å²) in [7, 11) is -2.06. The fraction of sp³-hybridized carbons (Fsp3) is 0.577. The Hall–Kier alpha value is -3.49. The molecule has 0 saturated carbocycles. The zero-order chi connectivity index (χ0) is 30.6. The Morgan fingerprint density at radius 3 is 2.30 bits per heavy atom. The summed E-state index contributed by atoms with van der Waals surface area (Å²) in [5, 5.41) is 17.5. The van der Waals surface area contributed by atoms with Crippen molar-refractivity contribution < 1.29 is 33.4 Å². The van der Waals surface area contributed by atoms with Crippen LogP contribution in [0.1, 0.15) is 59.0 Å². The van der Waals surface area contributed by atoms with Gasteiger partial charge in [-0.15, -0.1) is 0 Å². The lowest BCUT2D eigenvalue weighted by Gasteiger charge is -2.37. The SMILES string of the molecule is CC(CO[Si](C)(C)C(C)(C)C)NN(CC(=O)O)C(=O)Cn1nc(C(N)=O)c2cc(NC(=O)OC(C)(C)C)ccc21. The maximum atomic E-state index is 13.2. The molecule has 222 valence electrons. The van der Waals surface area contributed by atoms with Gasteiger partial charge in [-0.05, 0) is 64.0 Å². The number of nitrogens with two attached hydrogens (primary N) is 1. The maximum absolute atomic E-state index is 13.2. The van der Waals surface area contributed by atoms with Gasteiger partial charge in [0.15, 0.2) is 14.0 Å². The molecular formula is C26H42N6O7Si. The number of ether oxygens (including phenoxy) is 1. The first-order valence-electron chi connectivity index (χ1n) is 12.9. The highest BCUT2D eigenvalue weighted by Gasteiger charge is 2.37. The van der Waals surface area contributed by atoms with Crippen LogP contribution in [0.2, 0.25) is 18.1 Å². The number of hydrazine groups is 1. The predicted molar refractivity (Wildman–Crippen MR) is 153 cm³/mol. The van der Waals surface area contributed by atoms with E-state index in [9.17, 15) is 24.3 Å². The number of fused-ring (bicyclic) bond motifs is 1. The highest BCUT2D eigenvalue weighted by Crippen LogP contribution is 2.36. The summed E-state index contributed by atoms with van der Waals surface area (Å²) in [5.41, 5.74) is 8.36. The first-order chi connectivity index (χ1) is 18.2. The summed E-state index contributed by atoms with van der Waals surface area (Å²) in [6.07, 6.45) is -0.683. The minimum Gasteiger partial charge on any atom is -0.480 e. The van der Waals surface area contributed by atoms with Gasteiger partial charge in [0.25, 0.3) is 11.8 Å². The molecule has 2 aromatic rings. The fourth-order valence-corrected chi connectivity index (χ4v) is 4.49. The molecule has 1 aromatic heterocycles. The zero-order valence-electron chi connectivity index (χ0n) is 24.7. The highest BCUT2D eigenvalue weighted by molar-refractivity contribution is 6.74. The highest BCUT2D eigenvalue weighted by atomic mass is 28.4. The minimum absolute atomic E-state index is 0.00907. The monoisotopic (exact) mass is 578 g/mol. The number of aliphatic carboxylic acids is 1. The number of carboxylic acid groups (broad SMARTS) is 1. The number of carboxylic acids is 1. The van der Waals surface area contributed by atoms with Crippen LogP contribution in [0.25, 0.3) is 10.9 Å². The number of hydrogen-bond donors (Lipinski definition) is 4. The Morgan fingerprint density at radius 1 is 1.15 bits per heavy atom. The number of carbonyl (C=O) groups excluding carboxylic acids is 3. The van der Waals surface area contributed by atoms with Crippen LogP contribution in [0.15, 0.2) is 18.2 Å². The third-order valence-corrected chi connectivity index (χ3v) is 10.9. The van der Waals surface area contributed by atoms with Crippen molar-refractivity contribution in [3.05, 3.63) is 23.9 Å². The molecule has 2 rings (SSSR count). The second-order valence-electron chi connectivity index (χ2n) is 12.2. The molecule has 0 spiro atoms. The van der Waals surface area contributed by atoms with Crippen molar-refractivity contribution in [2.24, 2.45) is 5.73 Å². The van der Waals surface area contributed by atoms with E-state index in [1.165, 1.54) is 10.7 Å². The summed E-state index contributed by atoms with van der Waals surface area (Å²) >= 11 is 0. The number of benzene rings is 1. The van der Waals surface area contributed by atoms with Crippen molar-refractivity contribution in [1.29, 1.82) is 0 Å². The lowest BCUT2D eigenvalue weighted by atomic mass is 10.2. The van der Waals surface area contributed by atoms with E-state index in [0.717, 1.165) is 5.01 Å². The second kappa shape index (κ2) is 12.4. The number of aromatic nitrogens is 2. The number of hydrogen-bond acceptors (Lipinski definition) is 8. The third kappa shape index (κ3) is 9.03. The van der Waals surface area contributed by atoms with Gasteiger partial charge < -0.3 is 20.0 Å². The average Bonchev–Trinajstić information content (AvgIpc) is 3.12. The number of nitrogens with zero attached hydrogens (tertiary/aromatic N) is 3. The largest absolute Gasteiger partial charge is 0.480 e. The zero-order valence-corrected chi connectivity index (χ0v) is 25.7. The molecule has 1 unspecified atom stereocenters. The van der Waals surface area contributed by atoms with Crippen LogP contribution < -0.4 is 16.5 Å². The van der Waals surface area contributed by atoms with Crippen molar-refractivity contribution in [3.8, 4) is 0 Å². The molecule has 1 atom stereocenters. The van der Waals surface area contributed by atoms with Gasteiger partial charge >= 0.3 is 12.1 Å². The smallest absolute Gasteiger partial charge is 0.412 e. The van der Waals surface area contributed by atoms with Crippen LogP contribution >= 0.6 is 0 Å². The Kier molecular flexibility index (Phi) is 10.1. The van der Waals surface area contributed by atoms with Crippen molar-refractivity contribution in [3.63, 3.8) is 0 Å². The van der Waals surface area contributed by atoms with Gasteiger partial charge in [0, 0.05) is 17.1 Å². The van der Waals surface area contributed by atoms with E-state index in [1.807, 2.05) is 0 Å². The summed E-state index contributed by atoms with van der Waals surface area (Å²) in [6.45, 7) is 16.8. The fourth-order valence-electron chi connectivity index (χ4n) is 3.39. The van der Waals surface area contributed by atoms with Gasteiger partial charge in [-0.3, -0.25) is 29.4 Å². The van der Waals surface area contributed by atoms with Crippen LogP contribution in [0.3, 0.4) is 0 Å². The average molecular weight is 579 g/mol. The van der Waals surface area contributed by atoms with Crippen molar-refractivity contribution in [2.75, 3.05) is 18.5 Å². The Morgan fingerprint density at radius 2 is 1.77 bits per heavy atom. The van der Waals surface area contributed by atoms with E-state index >= 15 is 0 Å². The summed E-state index contributed by atoms with van der Waals surface area (Å²) < 4.78 is 12.7. The number of anilines is 1. The second-order valence-corrected chi connectivity index (χ2v) is 17.0. The van der Waals surface area contributed by atoms with Gasteiger partial charge in [0.05, 0.1) is 12.1 Å². The molecule has 0 aliphatic heterocycles. The number of amides is 3. The number of carbonyl (C=O) groups is 4. The lowest BCUT2D eigenvalue weighted by molar-refractivity contribution is -0.148. The predicted octanol–water partition coefficient (Wildman–Crippen LogP) is 3.31. The Bertz CT molecular complexity index is 1260. The van der Waals surface area contributed by atoms with E-state index in [0.29, 0.717) is 16.6 Å². The molecular weight excluding hydrogens is 536 g/mol. The van der Waals surface area contributed by atoms with Gasteiger partial charge in [-0.25, -0.2) is 10.2 Å². The molecule has 5 N–H and O–H groups in total. The molecule has 1 heterocycles. The Labute approximate surface area is 235 Å². The molecule has 0 fully saturated rings. The third-order valence-electron chi connectivity index (χ3n) is 6.39. The van der Waals surface area contributed by atoms with E-state index < -0.39 is 44.3 Å². The van der Waals surface area contributed by atoms with E-state index in [2.05, 4.69) is 49.7 Å².